The molecule has 17 heavy (non-hydrogen) atoms. The summed E-state index contributed by atoms with van der Waals surface area (Å²) in [4.78, 5) is 11.3. The number of nitrogens with zero attached hydrogens (tertiary/aromatic N) is 1. The van der Waals surface area contributed by atoms with Crippen LogP contribution in [0.15, 0.2) is 12.1 Å². The van der Waals surface area contributed by atoms with Gasteiger partial charge in [0.2, 0.25) is 0 Å². The van der Waals surface area contributed by atoms with Crippen molar-refractivity contribution in [2.75, 3.05) is 14.2 Å². The molecule has 0 amide bonds. The largest absolute Gasteiger partial charge is 0.496 e. The minimum atomic E-state index is -0.416. The number of carbonyl (C=O) groups is 1. The monoisotopic (exact) mass is 234 g/mol. The topological polar surface area (TPSA) is 85.3 Å². The van der Waals surface area contributed by atoms with Crippen LogP contribution in [0.25, 0.3) is 0 Å². The molecule has 1 aromatic carbocycles. The Balaban J connectivity index is 3.25. The molecule has 0 atom stereocenters. The Bertz CT molecular complexity index is 464. The Morgan fingerprint density at radius 2 is 2.18 bits per heavy atom. The SMILES string of the molecule is COC(=O)Cc1c(C#N)cc(CN)cc1OC. The van der Waals surface area contributed by atoms with Crippen LogP contribution in [0.2, 0.25) is 0 Å². The number of ether oxygens (including phenoxy) is 2. The average Bonchev–Trinajstić information content (AvgIpc) is 2.38. The summed E-state index contributed by atoms with van der Waals surface area (Å²) >= 11 is 0. The molecule has 0 radical (unpaired) electrons. The van der Waals surface area contributed by atoms with Gasteiger partial charge in [-0.05, 0) is 17.7 Å². The van der Waals surface area contributed by atoms with E-state index in [-0.39, 0.29) is 6.42 Å². The van der Waals surface area contributed by atoms with E-state index in [1.807, 2.05) is 6.07 Å². The van der Waals surface area contributed by atoms with Gasteiger partial charge < -0.3 is 15.2 Å². The maximum Gasteiger partial charge on any atom is 0.310 e. The van der Waals surface area contributed by atoms with Crippen LogP contribution >= 0.6 is 0 Å². The molecule has 0 bridgehead atoms. The lowest BCUT2D eigenvalue weighted by Gasteiger charge is -2.11. The first-order chi connectivity index (χ1) is 8.15. The average molecular weight is 234 g/mol. The molecule has 0 heterocycles. The molecule has 0 saturated heterocycles. The van der Waals surface area contributed by atoms with Crippen LogP contribution in [-0.2, 0) is 22.5 Å². The fraction of sp³-hybridized carbons (Fsp3) is 0.333. The number of nitrogens with two attached hydrogens (primary N) is 1. The van der Waals surface area contributed by atoms with Crippen LogP contribution in [0.1, 0.15) is 16.7 Å². The van der Waals surface area contributed by atoms with E-state index in [0.29, 0.717) is 23.4 Å². The number of hydrogen-bond donors (Lipinski definition) is 1. The third-order valence-corrected chi connectivity index (χ3v) is 2.39. The van der Waals surface area contributed by atoms with Crippen LogP contribution in [0, 0.1) is 11.3 Å². The van der Waals surface area contributed by atoms with E-state index in [4.69, 9.17) is 15.7 Å². The molecular weight excluding hydrogens is 220 g/mol. The van der Waals surface area contributed by atoms with Gasteiger partial charge >= 0.3 is 5.97 Å². The van der Waals surface area contributed by atoms with Crippen molar-refractivity contribution in [3.05, 3.63) is 28.8 Å². The van der Waals surface area contributed by atoms with Gasteiger partial charge in [0.05, 0.1) is 32.3 Å². The van der Waals surface area contributed by atoms with Crippen molar-refractivity contribution in [2.24, 2.45) is 5.73 Å². The number of rotatable bonds is 4. The molecule has 5 heteroatoms. The first-order valence-electron chi connectivity index (χ1n) is 5.03. The summed E-state index contributed by atoms with van der Waals surface area (Å²) in [5.74, 6) is 0.0650. The summed E-state index contributed by atoms with van der Waals surface area (Å²) in [6.07, 6.45) is 0.00736. The van der Waals surface area contributed by atoms with Gasteiger partial charge in [0.25, 0.3) is 0 Å². The lowest BCUT2D eigenvalue weighted by Crippen LogP contribution is -2.09. The third-order valence-electron chi connectivity index (χ3n) is 2.39. The van der Waals surface area contributed by atoms with E-state index >= 15 is 0 Å². The highest BCUT2D eigenvalue weighted by Crippen LogP contribution is 2.25. The molecular formula is C12H14N2O3. The van der Waals surface area contributed by atoms with E-state index < -0.39 is 5.97 Å². The van der Waals surface area contributed by atoms with Gasteiger partial charge in [-0.1, -0.05) is 0 Å². The zero-order valence-electron chi connectivity index (χ0n) is 9.82. The minimum absolute atomic E-state index is 0.00736. The second kappa shape index (κ2) is 5.87. The van der Waals surface area contributed by atoms with Crippen molar-refractivity contribution in [3.63, 3.8) is 0 Å². The van der Waals surface area contributed by atoms with Crippen LogP contribution in [0.4, 0.5) is 0 Å². The van der Waals surface area contributed by atoms with Crippen LogP contribution < -0.4 is 10.5 Å². The third kappa shape index (κ3) is 2.95. The van der Waals surface area contributed by atoms with Gasteiger partial charge in [-0.25, -0.2) is 0 Å². The van der Waals surface area contributed by atoms with Crippen molar-refractivity contribution < 1.29 is 14.3 Å². The highest BCUT2D eigenvalue weighted by molar-refractivity contribution is 5.75. The lowest BCUT2D eigenvalue weighted by atomic mass is 10.0. The zero-order valence-corrected chi connectivity index (χ0v) is 9.82. The van der Waals surface area contributed by atoms with Crippen molar-refractivity contribution in [3.8, 4) is 11.8 Å². The number of nitriles is 1. The second-order valence-electron chi connectivity index (χ2n) is 3.39. The predicted molar refractivity (Wildman–Crippen MR) is 61.3 cm³/mol. The summed E-state index contributed by atoms with van der Waals surface area (Å²) in [6, 6.07) is 5.41. The van der Waals surface area contributed by atoms with E-state index in [1.54, 1.807) is 12.1 Å². The molecule has 1 aromatic rings. The minimum Gasteiger partial charge on any atom is -0.496 e. The summed E-state index contributed by atoms with van der Waals surface area (Å²) in [6.45, 7) is 0.309. The highest BCUT2D eigenvalue weighted by Gasteiger charge is 2.15. The molecule has 1 rings (SSSR count). The molecule has 0 spiro atoms. The van der Waals surface area contributed by atoms with Crippen molar-refractivity contribution in [1.82, 2.24) is 0 Å². The molecule has 5 nitrogen and oxygen atoms in total. The summed E-state index contributed by atoms with van der Waals surface area (Å²) in [7, 11) is 2.78. The molecule has 0 aromatic heterocycles. The highest BCUT2D eigenvalue weighted by atomic mass is 16.5. The molecule has 0 saturated carbocycles. The van der Waals surface area contributed by atoms with Gasteiger partial charge in [0.15, 0.2) is 0 Å². The second-order valence-corrected chi connectivity index (χ2v) is 3.39. The Hall–Kier alpha value is -2.06. The van der Waals surface area contributed by atoms with Crippen molar-refractivity contribution in [2.45, 2.75) is 13.0 Å². The molecule has 0 aliphatic heterocycles. The Morgan fingerprint density at radius 3 is 2.65 bits per heavy atom. The van der Waals surface area contributed by atoms with Crippen LogP contribution in [0.5, 0.6) is 5.75 Å². The van der Waals surface area contributed by atoms with Gasteiger partial charge in [-0.15, -0.1) is 0 Å². The predicted octanol–water partition coefficient (Wildman–Crippen LogP) is 0.741. The van der Waals surface area contributed by atoms with E-state index in [1.165, 1.54) is 14.2 Å². The van der Waals surface area contributed by atoms with Gasteiger partial charge in [-0.3, -0.25) is 4.79 Å². The van der Waals surface area contributed by atoms with Gasteiger partial charge in [0, 0.05) is 12.1 Å². The first-order valence-corrected chi connectivity index (χ1v) is 5.03. The quantitative estimate of drug-likeness (QED) is 0.776. The van der Waals surface area contributed by atoms with Crippen LogP contribution in [0.3, 0.4) is 0 Å². The maximum atomic E-state index is 11.3. The van der Waals surface area contributed by atoms with Crippen molar-refractivity contribution in [1.29, 1.82) is 5.26 Å². The Labute approximate surface area is 99.7 Å². The molecule has 0 aliphatic carbocycles. The van der Waals surface area contributed by atoms with Gasteiger partial charge in [-0.2, -0.15) is 5.26 Å². The number of benzene rings is 1. The van der Waals surface area contributed by atoms with E-state index in [9.17, 15) is 4.79 Å². The standard InChI is InChI=1S/C12H14N2O3/c1-16-11-4-8(6-13)3-9(7-14)10(11)5-12(15)17-2/h3-4H,5-6,13H2,1-2H3. The number of hydrogen-bond acceptors (Lipinski definition) is 5. The maximum absolute atomic E-state index is 11.3. The van der Waals surface area contributed by atoms with Gasteiger partial charge in [0.1, 0.15) is 5.75 Å². The Morgan fingerprint density at radius 1 is 1.47 bits per heavy atom. The van der Waals surface area contributed by atoms with Crippen LogP contribution in [-0.4, -0.2) is 20.2 Å². The summed E-state index contributed by atoms with van der Waals surface area (Å²) < 4.78 is 9.74. The van der Waals surface area contributed by atoms with E-state index in [2.05, 4.69) is 4.74 Å². The smallest absolute Gasteiger partial charge is 0.310 e. The number of carbonyl (C=O) groups excluding carboxylic acids is 1. The normalized spacial score (nSPS) is 9.53. The molecule has 90 valence electrons. The first kappa shape index (κ1) is 13.0. The lowest BCUT2D eigenvalue weighted by molar-refractivity contribution is -0.139. The zero-order chi connectivity index (χ0) is 12.8. The molecule has 0 fully saturated rings. The molecule has 0 unspecified atom stereocenters. The van der Waals surface area contributed by atoms with E-state index in [0.717, 1.165) is 5.56 Å². The number of esters is 1. The summed E-state index contributed by atoms with van der Waals surface area (Å²) in [5, 5.41) is 9.05. The Kier molecular flexibility index (Phi) is 4.49. The number of methoxy groups -OCH3 is 2. The molecule has 2 N–H and O–H groups in total. The van der Waals surface area contributed by atoms with Crippen molar-refractivity contribution >= 4 is 5.97 Å². The fourth-order valence-electron chi connectivity index (χ4n) is 1.50. The molecule has 0 aliphatic rings. The summed E-state index contributed by atoms with van der Waals surface area (Å²) in [5.41, 5.74) is 7.21. The fourth-order valence-corrected chi connectivity index (χ4v) is 1.50.